The van der Waals surface area contributed by atoms with E-state index in [-0.39, 0.29) is 69.0 Å². The Morgan fingerprint density at radius 2 is 1.07 bits per heavy atom. The predicted octanol–water partition coefficient (Wildman–Crippen LogP) is 9.87. The number of benzene rings is 4. The molecular formula is C41H29Cl3N8O3Zn. The smallest absolute Gasteiger partial charge is 0.489 e. The summed E-state index contributed by atoms with van der Waals surface area (Å²) in [6.45, 7) is 9.28. The van der Waals surface area contributed by atoms with Crippen molar-refractivity contribution in [1.29, 1.82) is 0 Å². The Balaban J connectivity index is 0.00000441. The van der Waals surface area contributed by atoms with Crippen LogP contribution in [0.2, 0.25) is 15.1 Å². The minimum atomic E-state index is -1.27. The van der Waals surface area contributed by atoms with Gasteiger partial charge in [0.2, 0.25) is 0 Å². The van der Waals surface area contributed by atoms with E-state index < -0.39 is 11.4 Å². The number of nitrogens with zero attached hydrogens (tertiary/aromatic N) is 8. The van der Waals surface area contributed by atoms with E-state index in [0.29, 0.717) is 51.1 Å². The van der Waals surface area contributed by atoms with E-state index in [9.17, 15) is 9.90 Å². The van der Waals surface area contributed by atoms with Crippen molar-refractivity contribution in [3.8, 4) is 51.3 Å². The summed E-state index contributed by atoms with van der Waals surface area (Å²) in [7, 11) is 0. The zero-order valence-electron chi connectivity index (χ0n) is 30.7. The van der Waals surface area contributed by atoms with Crippen LogP contribution in [0.3, 0.4) is 0 Å². The number of halogens is 3. The van der Waals surface area contributed by atoms with Crippen molar-refractivity contribution in [2.75, 3.05) is 6.61 Å². The maximum absolute atomic E-state index is 11.9. The summed E-state index contributed by atoms with van der Waals surface area (Å²) in [6, 6.07) is 21.5. The third-order valence-electron chi connectivity index (χ3n) is 9.76. The summed E-state index contributed by atoms with van der Waals surface area (Å²) in [5, 5.41) is 12.0. The molecule has 1 N–H and O–H groups in total. The Hall–Kier alpha value is -5.00. The summed E-state index contributed by atoms with van der Waals surface area (Å²) in [5.41, 5.74) is 3.83. The molecule has 7 aromatic rings. The van der Waals surface area contributed by atoms with Gasteiger partial charge in [-0.15, -0.1) is 0 Å². The zero-order chi connectivity index (χ0) is 38.6. The molecule has 0 radical (unpaired) electrons. The van der Waals surface area contributed by atoms with Crippen LogP contribution < -0.4 is 14.7 Å². The standard InChI is InChI=1S/C41H30Cl3N8O3.Zn/c1-40(2,3)18-14-15-23-24(16-18)36-48-32-20-11-7-9-13-22(20)34(46-32)51-38-26-25(27(42)29(44)30(28(26)43)55-17-41(4,5)39(53)54)37(52-38)50-33-21-12-8-6-10-19(21)31(45-33)47-35(23)49-36;/h6-16H,17H2,1-5H3,(H2-,45,46,47,48,49,50,51,52,53,54);/q-1;+2/p-1. The van der Waals surface area contributed by atoms with Crippen molar-refractivity contribution in [3.63, 3.8) is 0 Å². The van der Waals surface area contributed by atoms with E-state index in [4.69, 9.17) is 79.4 Å². The molecule has 0 atom stereocenters. The van der Waals surface area contributed by atoms with Crippen molar-refractivity contribution < 1.29 is 34.1 Å². The minimum Gasteiger partial charge on any atom is -0.489 e. The second-order valence-corrected chi connectivity index (χ2v) is 16.2. The second kappa shape index (κ2) is 13.6. The van der Waals surface area contributed by atoms with Gasteiger partial charge in [0.1, 0.15) is 11.6 Å². The van der Waals surface area contributed by atoms with Crippen LogP contribution in [-0.2, 0) is 29.7 Å². The summed E-state index contributed by atoms with van der Waals surface area (Å²) >= 11 is 21.0. The number of fused-ring (bicyclic) bond motifs is 20. The van der Waals surface area contributed by atoms with E-state index in [2.05, 4.69) is 32.9 Å². The minimum absolute atomic E-state index is 0. The summed E-state index contributed by atoms with van der Waals surface area (Å²) in [4.78, 5) is 51.6. The molecule has 0 aliphatic carbocycles. The van der Waals surface area contributed by atoms with Gasteiger partial charge in [0.25, 0.3) is 0 Å². The number of ether oxygens (including phenoxy) is 1. The fourth-order valence-corrected chi connectivity index (χ4v) is 7.47. The van der Waals surface area contributed by atoms with Crippen LogP contribution in [-0.4, -0.2) is 47.6 Å². The normalized spacial score (nSPS) is 12.4. The zero-order valence-corrected chi connectivity index (χ0v) is 36.0. The topological polar surface area (TPSA) is 152 Å². The van der Waals surface area contributed by atoms with E-state index in [1.165, 1.54) is 13.8 Å². The first-order valence-electron chi connectivity index (χ1n) is 17.3. The molecule has 0 spiro atoms. The first-order chi connectivity index (χ1) is 26.2. The van der Waals surface area contributed by atoms with Crippen molar-refractivity contribution in [2.24, 2.45) is 5.41 Å². The Bertz CT molecular complexity index is 2990. The Morgan fingerprint density at radius 1 is 0.625 bits per heavy atom. The van der Waals surface area contributed by atoms with Crippen molar-refractivity contribution in [2.45, 2.75) is 40.0 Å². The van der Waals surface area contributed by atoms with Crippen LogP contribution in [0.1, 0.15) is 40.2 Å². The van der Waals surface area contributed by atoms with Crippen molar-refractivity contribution >= 4 is 84.9 Å². The molecule has 11 nitrogen and oxygen atoms in total. The summed E-state index contributed by atoms with van der Waals surface area (Å²) in [5.74, 6) is 0.388. The number of carbonyl (C=O) groups is 1. The van der Waals surface area contributed by atoms with Gasteiger partial charge in [0.05, 0.1) is 38.8 Å². The van der Waals surface area contributed by atoms with Crippen LogP contribution in [0.25, 0.3) is 89.7 Å². The number of hydrogen-bond acceptors (Lipinski definition) is 8. The van der Waals surface area contributed by atoms with Crippen LogP contribution >= 0.6 is 34.8 Å². The van der Waals surface area contributed by atoms with Gasteiger partial charge in [-0.3, -0.25) is 4.79 Å². The van der Waals surface area contributed by atoms with Gasteiger partial charge in [0, 0.05) is 55.6 Å². The Morgan fingerprint density at radius 3 is 1.55 bits per heavy atom. The van der Waals surface area contributed by atoms with E-state index in [1.54, 1.807) is 0 Å². The van der Waals surface area contributed by atoms with Crippen LogP contribution in [0, 0.1) is 5.41 Å². The summed E-state index contributed by atoms with van der Waals surface area (Å²) in [6.07, 6.45) is 0. The second-order valence-electron chi connectivity index (χ2n) is 15.1. The summed E-state index contributed by atoms with van der Waals surface area (Å²) < 4.78 is 5.99. The fourth-order valence-electron chi connectivity index (χ4n) is 6.59. The number of hydrogen-bond donors (Lipinski definition) is 1. The molecule has 15 heteroatoms. The van der Waals surface area contributed by atoms with Gasteiger partial charge in [-0.25, -0.2) is 9.97 Å². The average Bonchev–Trinajstić information content (AvgIpc) is 3.88. The fraction of sp³-hybridized carbons (Fsp3) is 0.195. The van der Waals surface area contributed by atoms with Gasteiger partial charge < -0.3 is 39.7 Å². The number of aliphatic carboxylic acids is 1. The van der Waals surface area contributed by atoms with Crippen LogP contribution in [0.5, 0.6) is 5.75 Å². The van der Waals surface area contributed by atoms with Crippen molar-refractivity contribution in [3.05, 3.63) is 87.4 Å². The maximum Gasteiger partial charge on any atom is 2.00 e. The molecule has 2 aliphatic heterocycles. The molecule has 9 rings (SSSR count). The third-order valence-corrected chi connectivity index (χ3v) is 11.0. The first kappa shape index (κ1) is 37.9. The predicted molar refractivity (Wildman–Crippen MR) is 215 cm³/mol. The van der Waals surface area contributed by atoms with E-state index in [1.807, 2.05) is 54.6 Å². The van der Waals surface area contributed by atoms with Crippen molar-refractivity contribution in [1.82, 2.24) is 39.9 Å². The van der Waals surface area contributed by atoms with Crippen LogP contribution in [0.4, 0.5) is 0 Å². The molecule has 274 valence electrons. The molecule has 4 aromatic carbocycles. The molecule has 0 saturated heterocycles. The molecule has 0 fully saturated rings. The number of aromatic nitrogens is 8. The SMILES string of the molecule is CC(C)(COc1c(Cl)c(Cl)c2c3nc4nc(nc5[n-]c(nc6nc(nc([n-]3)c2c1Cl)-c1ccccc1-6)c1cc(C(C)(C)C)ccc51)-c1ccccc1-4)C(=O)O.[Zn+2]. The van der Waals surface area contributed by atoms with Gasteiger partial charge >= 0.3 is 25.4 Å². The molecule has 0 saturated carbocycles. The first-order valence-corrected chi connectivity index (χ1v) is 18.4. The van der Waals surface area contributed by atoms with Crippen LogP contribution in [0.15, 0.2) is 66.7 Å². The molecule has 8 bridgehead atoms. The number of rotatable bonds is 4. The molecule has 2 aliphatic rings. The van der Waals surface area contributed by atoms with Gasteiger partial charge in [-0.1, -0.05) is 116 Å². The monoisotopic (exact) mass is 850 g/mol. The van der Waals surface area contributed by atoms with Gasteiger partial charge in [-0.2, -0.15) is 0 Å². The largest absolute Gasteiger partial charge is 2.00 e. The van der Waals surface area contributed by atoms with E-state index >= 15 is 0 Å². The third kappa shape index (κ3) is 6.10. The molecule has 0 unspecified atom stereocenters. The maximum atomic E-state index is 11.9. The molecule has 56 heavy (non-hydrogen) atoms. The Kier molecular flexibility index (Phi) is 9.20. The average molecular weight is 853 g/mol. The molecular weight excluding hydrogens is 824 g/mol. The number of carboxylic acids is 1. The molecule has 5 heterocycles. The van der Waals surface area contributed by atoms with E-state index in [0.717, 1.165) is 27.5 Å². The Labute approximate surface area is 347 Å². The quantitative estimate of drug-likeness (QED) is 0.133. The van der Waals surface area contributed by atoms with Gasteiger partial charge in [-0.05, 0) is 41.7 Å². The molecule has 3 aromatic heterocycles. The number of carboxylic acid groups (broad SMARTS) is 1. The molecule has 0 amide bonds. The van der Waals surface area contributed by atoms with Gasteiger partial charge in [0.15, 0.2) is 5.75 Å².